The summed E-state index contributed by atoms with van der Waals surface area (Å²) < 4.78 is 1.61. The van der Waals surface area contributed by atoms with Crippen molar-refractivity contribution in [3.05, 3.63) is 87.3 Å². The summed E-state index contributed by atoms with van der Waals surface area (Å²) in [6.07, 6.45) is 2.69. The Morgan fingerprint density at radius 3 is 2.42 bits per heavy atom. The Morgan fingerprint density at radius 2 is 1.81 bits per heavy atom. The minimum atomic E-state index is -0.553. The van der Waals surface area contributed by atoms with Gasteiger partial charge in [0.15, 0.2) is 0 Å². The smallest absolute Gasteiger partial charge is 0.275 e. The summed E-state index contributed by atoms with van der Waals surface area (Å²) in [7, 11) is 0. The summed E-state index contributed by atoms with van der Waals surface area (Å²) in [5.41, 5.74) is 5.50. The molecule has 1 saturated carbocycles. The van der Waals surface area contributed by atoms with Gasteiger partial charge in [0.2, 0.25) is 0 Å². The van der Waals surface area contributed by atoms with Crippen LogP contribution in [0.1, 0.15) is 45.9 Å². The largest absolute Gasteiger partial charge is 0.294 e. The molecule has 2 aromatic carbocycles. The van der Waals surface area contributed by atoms with E-state index in [1.54, 1.807) is 34.4 Å². The number of H-pyrrole nitrogens is 1. The maximum atomic E-state index is 13.0. The molecule has 4 rings (SSSR count). The molecule has 1 amide bonds. The minimum absolute atomic E-state index is 0.0322. The number of nitrogens with zero attached hydrogens (tertiary/aromatic N) is 1. The molecule has 0 unspecified atom stereocenters. The summed E-state index contributed by atoms with van der Waals surface area (Å²) in [5, 5.41) is 12.0. The fraction of sp³-hybridized carbons (Fsp3) is 0.200. The third-order valence-electron chi connectivity index (χ3n) is 4.72. The molecule has 0 atom stereocenters. The molecule has 6 nitrogen and oxygen atoms in total. The van der Waals surface area contributed by atoms with E-state index in [4.69, 9.17) is 5.21 Å². The van der Waals surface area contributed by atoms with Crippen LogP contribution in [0.3, 0.4) is 0 Å². The Hall–Kier alpha value is -3.12. The Balaban J connectivity index is 1.69. The van der Waals surface area contributed by atoms with Crippen molar-refractivity contribution in [1.29, 1.82) is 0 Å². The van der Waals surface area contributed by atoms with Gasteiger partial charge in [-0.3, -0.25) is 19.9 Å². The summed E-state index contributed by atoms with van der Waals surface area (Å²) in [5.74, 6) is -0.134. The van der Waals surface area contributed by atoms with Crippen molar-refractivity contribution in [2.45, 2.75) is 25.2 Å². The predicted octanol–water partition coefficient (Wildman–Crippen LogP) is 2.75. The maximum Gasteiger partial charge on any atom is 0.275 e. The van der Waals surface area contributed by atoms with Gasteiger partial charge >= 0.3 is 0 Å². The molecule has 1 aliphatic rings. The fourth-order valence-electron chi connectivity index (χ4n) is 3.17. The minimum Gasteiger partial charge on any atom is -0.294 e. The molecular formula is C20H19N3O3. The second-order valence-electron chi connectivity index (χ2n) is 6.57. The molecule has 6 heteroatoms. The number of aromatic amines is 1. The van der Waals surface area contributed by atoms with Gasteiger partial charge in [0.05, 0.1) is 5.69 Å². The highest BCUT2D eigenvalue weighted by Gasteiger charge is 2.30. The third-order valence-corrected chi connectivity index (χ3v) is 4.72. The van der Waals surface area contributed by atoms with Crippen LogP contribution in [0.5, 0.6) is 0 Å². The van der Waals surface area contributed by atoms with Gasteiger partial charge in [-0.25, -0.2) is 10.2 Å². The number of hydrogen-bond acceptors (Lipinski definition) is 3. The standard InChI is InChI=1S/C20H19N3O3/c24-19(22-26)15-8-6-13(7-9-15)12-17-18(14-10-11-14)21-23(20(17)25)16-4-2-1-3-5-16/h1-9,14,21,26H,10-12H2,(H,22,24). The van der Waals surface area contributed by atoms with E-state index in [2.05, 4.69) is 5.10 Å². The third kappa shape index (κ3) is 3.07. The van der Waals surface area contributed by atoms with Crippen molar-refractivity contribution in [3.63, 3.8) is 0 Å². The van der Waals surface area contributed by atoms with E-state index in [9.17, 15) is 9.59 Å². The normalized spacial score (nSPS) is 13.6. The molecule has 26 heavy (non-hydrogen) atoms. The van der Waals surface area contributed by atoms with Crippen LogP contribution in [0, 0.1) is 0 Å². The summed E-state index contributed by atoms with van der Waals surface area (Å²) in [6.45, 7) is 0. The number of hydrogen-bond donors (Lipinski definition) is 3. The molecule has 0 saturated heterocycles. The molecule has 132 valence electrons. The Kier molecular flexibility index (Phi) is 4.18. The number of hydroxylamine groups is 1. The van der Waals surface area contributed by atoms with E-state index >= 15 is 0 Å². The highest BCUT2D eigenvalue weighted by Crippen LogP contribution is 2.40. The van der Waals surface area contributed by atoms with Gasteiger partial charge < -0.3 is 0 Å². The lowest BCUT2D eigenvalue weighted by atomic mass is 10.0. The van der Waals surface area contributed by atoms with E-state index < -0.39 is 5.91 Å². The second-order valence-corrected chi connectivity index (χ2v) is 6.57. The zero-order valence-corrected chi connectivity index (χ0v) is 14.1. The first-order chi connectivity index (χ1) is 12.7. The van der Waals surface area contributed by atoms with Crippen molar-refractivity contribution in [3.8, 4) is 5.69 Å². The second kappa shape index (κ2) is 6.65. The van der Waals surface area contributed by atoms with Crippen molar-refractivity contribution in [2.75, 3.05) is 0 Å². The lowest BCUT2D eigenvalue weighted by Crippen LogP contribution is -2.18. The molecule has 0 spiro atoms. The van der Waals surface area contributed by atoms with Gasteiger partial charge in [0, 0.05) is 29.2 Å². The molecule has 1 aliphatic carbocycles. The number of para-hydroxylation sites is 1. The SMILES string of the molecule is O=C(NO)c1ccc(Cc2c(C3CC3)[nH]n(-c3ccccc3)c2=O)cc1. The van der Waals surface area contributed by atoms with E-state index in [1.165, 1.54) is 0 Å². The van der Waals surface area contributed by atoms with E-state index in [1.807, 2.05) is 30.3 Å². The Bertz CT molecular complexity index is 983. The van der Waals surface area contributed by atoms with Gasteiger partial charge in [-0.05, 0) is 42.7 Å². The lowest BCUT2D eigenvalue weighted by molar-refractivity contribution is 0.0706. The fourth-order valence-corrected chi connectivity index (χ4v) is 3.17. The summed E-state index contributed by atoms with van der Waals surface area (Å²) in [4.78, 5) is 24.4. The Labute approximate surface area is 150 Å². The molecule has 1 fully saturated rings. The highest BCUT2D eigenvalue weighted by molar-refractivity contribution is 5.93. The number of carbonyl (C=O) groups excluding carboxylic acids is 1. The molecule has 3 N–H and O–H groups in total. The van der Waals surface area contributed by atoms with Crippen molar-refractivity contribution in [1.82, 2.24) is 15.3 Å². The van der Waals surface area contributed by atoms with Crippen LogP contribution in [0.25, 0.3) is 5.69 Å². The van der Waals surface area contributed by atoms with E-state index in [0.717, 1.165) is 35.3 Å². The zero-order valence-electron chi connectivity index (χ0n) is 14.1. The first-order valence-corrected chi connectivity index (χ1v) is 8.60. The van der Waals surface area contributed by atoms with Crippen molar-refractivity contribution in [2.24, 2.45) is 0 Å². The number of amides is 1. The number of benzene rings is 2. The van der Waals surface area contributed by atoms with Gasteiger partial charge in [0.25, 0.3) is 11.5 Å². The number of aromatic nitrogens is 2. The molecule has 0 bridgehead atoms. The van der Waals surface area contributed by atoms with Crippen molar-refractivity contribution >= 4 is 5.91 Å². The van der Waals surface area contributed by atoms with Crippen LogP contribution < -0.4 is 11.0 Å². The van der Waals surface area contributed by atoms with Crippen molar-refractivity contribution < 1.29 is 10.0 Å². The lowest BCUT2D eigenvalue weighted by Gasteiger charge is -2.03. The molecule has 0 radical (unpaired) electrons. The quantitative estimate of drug-likeness (QED) is 0.489. The Morgan fingerprint density at radius 1 is 1.12 bits per heavy atom. The molecule has 1 heterocycles. The number of carbonyl (C=O) groups is 1. The van der Waals surface area contributed by atoms with Gasteiger partial charge in [-0.2, -0.15) is 0 Å². The highest BCUT2D eigenvalue weighted by atomic mass is 16.5. The van der Waals surface area contributed by atoms with Gasteiger partial charge in [-0.1, -0.05) is 30.3 Å². The van der Waals surface area contributed by atoms with Gasteiger partial charge in [0.1, 0.15) is 0 Å². The molecular weight excluding hydrogens is 330 g/mol. The predicted molar refractivity (Wildman–Crippen MR) is 96.9 cm³/mol. The topological polar surface area (TPSA) is 87.1 Å². The molecule has 0 aliphatic heterocycles. The molecule has 1 aromatic heterocycles. The van der Waals surface area contributed by atoms with E-state index in [0.29, 0.717) is 17.9 Å². The number of rotatable bonds is 5. The zero-order chi connectivity index (χ0) is 18.1. The van der Waals surface area contributed by atoms with Crippen LogP contribution in [-0.2, 0) is 6.42 Å². The summed E-state index contributed by atoms with van der Waals surface area (Å²) >= 11 is 0. The van der Waals surface area contributed by atoms with E-state index in [-0.39, 0.29) is 5.56 Å². The van der Waals surface area contributed by atoms with Crippen LogP contribution in [-0.4, -0.2) is 20.9 Å². The average Bonchev–Trinajstić information content (AvgIpc) is 3.48. The monoisotopic (exact) mass is 349 g/mol. The first-order valence-electron chi connectivity index (χ1n) is 8.60. The molecule has 3 aromatic rings. The maximum absolute atomic E-state index is 13.0. The van der Waals surface area contributed by atoms with Gasteiger partial charge in [-0.15, -0.1) is 0 Å². The summed E-state index contributed by atoms with van der Waals surface area (Å²) in [6, 6.07) is 16.4. The van der Waals surface area contributed by atoms with Crippen LogP contribution >= 0.6 is 0 Å². The van der Waals surface area contributed by atoms with Crippen LogP contribution in [0.4, 0.5) is 0 Å². The first kappa shape index (κ1) is 16.4. The van der Waals surface area contributed by atoms with Crippen LogP contribution in [0.15, 0.2) is 59.4 Å². The average molecular weight is 349 g/mol. The number of nitrogens with one attached hydrogen (secondary N) is 2. The van der Waals surface area contributed by atoms with Crippen LogP contribution in [0.2, 0.25) is 0 Å².